The van der Waals surface area contributed by atoms with Crippen LogP contribution in [0.2, 0.25) is 0 Å². The minimum absolute atomic E-state index is 0.0330. The lowest BCUT2D eigenvalue weighted by atomic mass is 10.2. The van der Waals surface area contributed by atoms with Crippen LogP contribution in [0.4, 0.5) is 0 Å². The Hall–Kier alpha value is -3.06. The number of imidazole rings is 1. The number of ether oxygens (including phenoxy) is 1. The van der Waals surface area contributed by atoms with E-state index in [9.17, 15) is 0 Å². The molecule has 0 aliphatic carbocycles. The fraction of sp³-hybridized carbons (Fsp3) is 0.150. The van der Waals surface area contributed by atoms with Crippen molar-refractivity contribution in [3.8, 4) is 22.8 Å². The second-order valence-corrected chi connectivity index (χ2v) is 7.17. The topological polar surface area (TPSA) is 66.0 Å². The molecule has 1 unspecified atom stereocenters. The highest BCUT2D eigenvalue weighted by atomic mass is 32.2. The van der Waals surface area contributed by atoms with Crippen LogP contribution in [-0.4, -0.2) is 26.8 Å². The minimum atomic E-state index is -0.0330. The molecule has 0 spiro atoms. The summed E-state index contributed by atoms with van der Waals surface area (Å²) >= 11 is 1.57. The van der Waals surface area contributed by atoms with Gasteiger partial charge in [0.1, 0.15) is 5.75 Å². The summed E-state index contributed by atoms with van der Waals surface area (Å²) in [6, 6.07) is 17.6. The van der Waals surface area contributed by atoms with Gasteiger partial charge in [0, 0.05) is 23.6 Å². The van der Waals surface area contributed by atoms with Gasteiger partial charge in [-0.25, -0.2) is 4.98 Å². The largest absolute Gasteiger partial charge is 0.497 e. The van der Waals surface area contributed by atoms with Crippen LogP contribution >= 0.6 is 11.8 Å². The molecule has 2 aromatic heterocycles. The summed E-state index contributed by atoms with van der Waals surface area (Å²) in [6.45, 7) is 2.03. The molecule has 0 fully saturated rings. The summed E-state index contributed by atoms with van der Waals surface area (Å²) in [6.07, 6.45) is 3.71. The number of hydrogen-bond acceptors (Lipinski definition) is 6. The molecule has 136 valence electrons. The van der Waals surface area contributed by atoms with Crippen LogP contribution in [0.5, 0.6) is 5.75 Å². The number of aromatic nitrogens is 4. The van der Waals surface area contributed by atoms with Gasteiger partial charge in [-0.2, -0.15) is 4.98 Å². The lowest BCUT2D eigenvalue weighted by Crippen LogP contribution is -1.97. The van der Waals surface area contributed by atoms with Crippen molar-refractivity contribution in [1.29, 1.82) is 0 Å². The van der Waals surface area contributed by atoms with Gasteiger partial charge in [-0.05, 0) is 31.2 Å². The molecule has 1 atom stereocenters. The fourth-order valence-electron chi connectivity index (χ4n) is 2.63. The van der Waals surface area contributed by atoms with Crippen molar-refractivity contribution >= 4 is 11.8 Å². The number of methoxy groups -OCH3 is 1. The Kier molecular flexibility index (Phi) is 4.93. The van der Waals surface area contributed by atoms with Crippen LogP contribution in [0, 0.1) is 0 Å². The first kappa shape index (κ1) is 17.4. The first-order valence-electron chi connectivity index (χ1n) is 8.48. The standard InChI is InChI=1S/C20H18N4O2S/c1-14(19-22-18(23-26-19)15-6-4-3-5-7-15)27-20-21-12-13-24(20)16-8-10-17(25-2)11-9-16/h3-14H,1-2H3. The Balaban J connectivity index is 1.53. The minimum Gasteiger partial charge on any atom is -0.497 e. The van der Waals surface area contributed by atoms with Crippen molar-refractivity contribution in [2.45, 2.75) is 17.3 Å². The van der Waals surface area contributed by atoms with Crippen LogP contribution in [0.3, 0.4) is 0 Å². The van der Waals surface area contributed by atoms with Crippen molar-refractivity contribution in [2.24, 2.45) is 0 Å². The van der Waals surface area contributed by atoms with Crippen LogP contribution < -0.4 is 4.74 Å². The predicted octanol–water partition coefficient (Wildman–Crippen LogP) is 4.78. The summed E-state index contributed by atoms with van der Waals surface area (Å²) < 4.78 is 12.7. The second kappa shape index (κ2) is 7.67. The average Bonchev–Trinajstić information content (AvgIpc) is 3.38. The molecule has 0 bridgehead atoms. The Morgan fingerprint density at radius 2 is 1.85 bits per heavy atom. The van der Waals surface area contributed by atoms with Crippen LogP contribution in [-0.2, 0) is 0 Å². The quantitative estimate of drug-likeness (QED) is 0.450. The Bertz CT molecular complexity index is 1010. The van der Waals surface area contributed by atoms with E-state index in [1.807, 2.05) is 72.3 Å². The molecule has 0 saturated carbocycles. The predicted molar refractivity (Wildman–Crippen MR) is 104 cm³/mol. The lowest BCUT2D eigenvalue weighted by Gasteiger charge is -2.10. The molecule has 6 nitrogen and oxygen atoms in total. The maximum Gasteiger partial charge on any atom is 0.240 e. The number of hydrogen-bond donors (Lipinski definition) is 0. The van der Waals surface area contributed by atoms with Gasteiger partial charge < -0.3 is 9.26 Å². The normalized spacial score (nSPS) is 12.1. The second-order valence-electron chi connectivity index (χ2n) is 5.86. The summed E-state index contributed by atoms with van der Waals surface area (Å²) in [4.78, 5) is 9.00. The van der Waals surface area contributed by atoms with Gasteiger partial charge in [0.15, 0.2) is 5.16 Å². The van der Waals surface area contributed by atoms with E-state index in [-0.39, 0.29) is 5.25 Å². The van der Waals surface area contributed by atoms with Crippen molar-refractivity contribution < 1.29 is 9.26 Å². The molecule has 4 rings (SSSR count). The first-order chi connectivity index (χ1) is 13.2. The molecule has 7 heteroatoms. The van der Waals surface area contributed by atoms with E-state index < -0.39 is 0 Å². The zero-order valence-electron chi connectivity index (χ0n) is 14.9. The molecule has 4 aromatic rings. The zero-order valence-corrected chi connectivity index (χ0v) is 15.8. The first-order valence-corrected chi connectivity index (χ1v) is 9.36. The maximum atomic E-state index is 5.47. The number of nitrogens with zero attached hydrogens (tertiary/aromatic N) is 4. The maximum absolute atomic E-state index is 5.47. The lowest BCUT2D eigenvalue weighted by molar-refractivity contribution is 0.380. The van der Waals surface area contributed by atoms with E-state index >= 15 is 0 Å². The number of rotatable bonds is 6. The third-order valence-electron chi connectivity index (χ3n) is 4.06. The van der Waals surface area contributed by atoms with Gasteiger partial charge in [0.2, 0.25) is 11.7 Å². The zero-order chi connectivity index (χ0) is 18.6. The monoisotopic (exact) mass is 378 g/mol. The average molecular weight is 378 g/mol. The summed E-state index contributed by atoms with van der Waals surface area (Å²) in [5.74, 6) is 1.99. The number of benzene rings is 2. The van der Waals surface area contributed by atoms with E-state index in [1.165, 1.54) is 0 Å². The molecular weight excluding hydrogens is 360 g/mol. The van der Waals surface area contributed by atoms with E-state index in [0.717, 1.165) is 22.2 Å². The molecule has 0 aliphatic heterocycles. The Labute approximate surface area is 161 Å². The fourth-order valence-corrected chi connectivity index (χ4v) is 3.54. The molecule has 0 radical (unpaired) electrons. The van der Waals surface area contributed by atoms with Gasteiger partial charge >= 0.3 is 0 Å². The molecular formula is C20H18N4O2S. The van der Waals surface area contributed by atoms with E-state index in [4.69, 9.17) is 9.26 Å². The van der Waals surface area contributed by atoms with Gasteiger partial charge in [0.05, 0.1) is 12.4 Å². The smallest absolute Gasteiger partial charge is 0.240 e. The highest BCUT2D eigenvalue weighted by Crippen LogP contribution is 2.35. The van der Waals surface area contributed by atoms with E-state index in [2.05, 4.69) is 15.1 Å². The van der Waals surface area contributed by atoms with Crippen LogP contribution in [0.1, 0.15) is 18.1 Å². The molecule has 0 amide bonds. The van der Waals surface area contributed by atoms with Gasteiger partial charge in [-0.1, -0.05) is 47.3 Å². The summed E-state index contributed by atoms with van der Waals surface area (Å²) in [5.41, 5.74) is 1.95. The number of thioether (sulfide) groups is 1. The van der Waals surface area contributed by atoms with Crippen LogP contribution in [0.25, 0.3) is 17.1 Å². The third kappa shape index (κ3) is 3.73. The van der Waals surface area contributed by atoms with Crippen molar-refractivity contribution in [3.63, 3.8) is 0 Å². The SMILES string of the molecule is COc1ccc(-n2ccnc2SC(C)c2nc(-c3ccccc3)no2)cc1. The molecule has 2 heterocycles. The van der Waals surface area contributed by atoms with Gasteiger partial charge in [0.25, 0.3) is 0 Å². The molecule has 0 aliphatic rings. The molecule has 0 N–H and O–H groups in total. The molecule has 2 aromatic carbocycles. The molecule has 0 saturated heterocycles. The van der Waals surface area contributed by atoms with Crippen molar-refractivity contribution in [3.05, 3.63) is 72.9 Å². The summed E-state index contributed by atoms with van der Waals surface area (Å²) in [7, 11) is 1.66. The van der Waals surface area contributed by atoms with Crippen LogP contribution in [0.15, 0.2) is 76.7 Å². The molecule has 27 heavy (non-hydrogen) atoms. The third-order valence-corrected chi connectivity index (χ3v) is 5.13. The highest BCUT2D eigenvalue weighted by Gasteiger charge is 2.19. The van der Waals surface area contributed by atoms with Gasteiger partial charge in [-0.15, -0.1) is 0 Å². The van der Waals surface area contributed by atoms with E-state index in [1.54, 1.807) is 25.1 Å². The van der Waals surface area contributed by atoms with Gasteiger partial charge in [-0.3, -0.25) is 4.57 Å². The van der Waals surface area contributed by atoms with Crippen molar-refractivity contribution in [2.75, 3.05) is 7.11 Å². The Morgan fingerprint density at radius 3 is 2.59 bits per heavy atom. The Morgan fingerprint density at radius 1 is 1.07 bits per heavy atom. The van der Waals surface area contributed by atoms with Crippen molar-refractivity contribution in [1.82, 2.24) is 19.7 Å². The summed E-state index contributed by atoms with van der Waals surface area (Å²) in [5, 5.41) is 4.92. The van der Waals surface area contributed by atoms with E-state index in [0.29, 0.717) is 11.7 Å². The highest BCUT2D eigenvalue weighted by molar-refractivity contribution is 7.99.